The molecule has 87 heavy (non-hydrogen) atoms. The molecule has 9 heterocycles. The molecule has 8 aromatic heterocycles. The van der Waals surface area contributed by atoms with Crippen LogP contribution in [0.25, 0.3) is 101 Å². The number of sulfonamides is 2. The Labute approximate surface area is 494 Å². The third-order valence-electron chi connectivity index (χ3n) is 15.0. The Morgan fingerprint density at radius 1 is 0.609 bits per heavy atom. The normalized spacial score (nSPS) is 12.1. The van der Waals surface area contributed by atoms with E-state index in [1.807, 2.05) is 24.4 Å². The van der Waals surface area contributed by atoms with Gasteiger partial charge >= 0.3 is 0 Å². The van der Waals surface area contributed by atoms with Crippen LogP contribution in [0.15, 0.2) is 155 Å². The molecule has 0 aliphatic carbocycles. The summed E-state index contributed by atoms with van der Waals surface area (Å²) < 4.78 is 102. The second kappa shape index (κ2) is 21.8. The minimum atomic E-state index is -3.79. The monoisotopic (exact) mass is 1210 g/mol. The second-order valence-corrected chi connectivity index (χ2v) is 24.3. The minimum absolute atomic E-state index is 0.0639. The molecule has 25 heteroatoms. The first-order valence-electron chi connectivity index (χ1n) is 26.6. The van der Waals surface area contributed by atoms with E-state index in [1.165, 1.54) is 94.9 Å². The number of benzene rings is 4. The number of furan rings is 2. The molecule has 0 saturated heterocycles. The number of hydrogen-bond acceptors (Lipinski definition) is 15. The van der Waals surface area contributed by atoms with Crippen LogP contribution in [0.1, 0.15) is 31.8 Å². The molecule has 1 aliphatic heterocycles. The molecular weight excluding hydrogens is 1160 g/mol. The number of nitrogens with one attached hydrogen (secondary N) is 2. The summed E-state index contributed by atoms with van der Waals surface area (Å²) >= 11 is 0. The van der Waals surface area contributed by atoms with E-state index < -0.39 is 43.5 Å². The lowest BCUT2D eigenvalue weighted by atomic mass is 10.00. The molecule has 2 amide bonds. The van der Waals surface area contributed by atoms with Crippen molar-refractivity contribution in [2.75, 3.05) is 49.3 Å². The highest BCUT2D eigenvalue weighted by molar-refractivity contribution is 7.92. The highest BCUT2D eigenvalue weighted by Gasteiger charge is 2.31. The number of nitrogens with zero attached hydrogens (tertiary/aromatic N) is 8. The summed E-state index contributed by atoms with van der Waals surface area (Å²) in [7, 11) is -1.74. The van der Waals surface area contributed by atoms with Crippen LogP contribution in [0.5, 0.6) is 11.5 Å². The van der Waals surface area contributed by atoms with Gasteiger partial charge in [-0.1, -0.05) is 12.1 Å². The van der Waals surface area contributed by atoms with Gasteiger partial charge in [-0.05, 0) is 109 Å². The molecule has 13 rings (SSSR count). The average molecular weight is 1210 g/mol. The first kappa shape index (κ1) is 57.0. The molecule has 0 fully saturated rings. The Morgan fingerprint density at radius 2 is 1.08 bits per heavy atom. The highest BCUT2D eigenvalue weighted by atomic mass is 32.2. The first-order chi connectivity index (χ1) is 41.6. The van der Waals surface area contributed by atoms with Crippen molar-refractivity contribution in [3.05, 3.63) is 180 Å². The van der Waals surface area contributed by atoms with E-state index in [1.54, 1.807) is 63.8 Å². The average Bonchev–Trinajstić information content (AvgIpc) is 1.79. The summed E-state index contributed by atoms with van der Waals surface area (Å²) in [6.07, 6.45) is 5.69. The quantitative estimate of drug-likeness (QED) is 0.0886. The van der Waals surface area contributed by atoms with Crippen molar-refractivity contribution in [3.63, 3.8) is 0 Å². The number of amides is 2. The number of halogens is 2. The maximum atomic E-state index is 13.7. The van der Waals surface area contributed by atoms with Gasteiger partial charge in [0.15, 0.2) is 0 Å². The predicted octanol–water partition coefficient (Wildman–Crippen LogP) is 9.83. The van der Waals surface area contributed by atoms with Gasteiger partial charge in [0.25, 0.3) is 11.8 Å². The van der Waals surface area contributed by atoms with Gasteiger partial charge in [-0.25, -0.2) is 44.6 Å². The number of aliphatic hydroxyl groups excluding tert-OH is 1. The smallest absolute Gasteiger partial charge is 0.255 e. The van der Waals surface area contributed by atoms with E-state index in [4.69, 9.17) is 23.7 Å². The molecular formula is C62H50F2N10O11S2. The summed E-state index contributed by atoms with van der Waals surface area (Å²) in [4.78, 5) is 36.0. The van der Waals surface area contributed by atoms with Crippen molar-refractivity contribution in [1.29, 1.82) is 0 Å². The molecule has 0 radical (unpaired) electrons. The van der Waals surface area contributed by atoms with Crippen LogP contribution in [0.2, 0.25) is 0 Å². The number of pyridine rings is 4. The van der Waals surface area contributed by atoms with Gasteiger partial charge in [-0.3, -0.25) is 18.2 Å². The van der Waals surface area contributed by atoms with Crippen LogP contribution in [0.4, 0.5) is 20.2 Å². The predicted molar refractivity (Wildman–Crippen MR) is 323 cm³/mol. The summed E-state index contributed by atoms with van der Waals surface area (Å²) in [5.41, 5.74) is 8.03. The number of hydrogen-bond donors (Lipinski definition) is 4. The fraction of sp³-hybridized carbons (Fsp3) is 0.129. The van der Waals surface area contributed by atoms with Crippen LogP contribution < -0.4 is 24.0 Å². The standard InChI is InChI=1S/C31H26FN5O6S.C31H24FN5O5S/c1-33-31(40)27-20-14-19(22-11-12-25(39)29(34-22)28-21(16-38)23-6-4-5-13-37(23)35-28)24(36(2)44(3,41)42)15-26(20)43-30(27)17-7-9-18(32)10-8-17;1-33-31(38)27-20-14-19(22-11-12-25-29(34-22)28-21(16-41-25)23-6-4-5-13-37(23)35-28)24(36(2)43(3,39)40)15-26(20)42-30(27)17-7-9-18(32)10-8-17/h4-15,38-39H,16H2,1-3H3,(H,33,40);4-15H,16H2,1-3H3,(H,33,38). The highest BCUT2D eigenvalue weighted by Crippen LogP contribution is 2.46. The van der Waals surface area contributed by atoms with Crippen LogP contribution in [-0.4, -0.2) is 109 Å². The van der Waals surface area contributed by atoms with E-state index >= 15 is 0 Å². The Hall–Kier alpha value is -10.5. The number of aromatic nitrogens is 6. The Balaban J connectivity index is 0.000000170. The topological polar surface area (TPSA) is 269 Å². The zero-order valence-electron chi connectivity index (χ0n) is 47.0. The lowest BCUT2D eigenvalue weighted by molar-refractivity contribution is 0.0956. The lowest BCUT2D eigenvalue weighted by Gasteiger charge is -2.21. The molecule has 0 atom stereocenters. The Morgan fingerprint density at radius 3 is 1.57 bits per heavy atom. The Bertz CT molecular complexity index is 5030. The van der Waals surface area contributed by atoms with Crippen molar-refractivity contribution >= 4 is 76.2 Å². The van der Waals surface area contributed by atoms with Crippen LogP contribution in [0, 0.1) is 11.6 Å². The van der Waals surface area contributed by atoms with Gasteiger partial charge < -0.3 is 34.4 Å². The van der Waals surface area contributed by atoms with Gasteiger partial charge in [0, 0.05) is 96.9 Å². The molecule has 0 spiro atoms. The molecule has 21 nitrogen and oxygen atoms in total. The number of carbonyl (C=O) groups is 2. The van der Waals surface area contributed by atoms with Crippen LogP contribution >= 0.6 is 0 Å². The van der Waals surface area contributed by atoms with Gasteiger partial charge in [0.2, 0.25) is 20.0 Å². The van der Waals surface area contributed by atoms with E-state index in [9.17, 15) is 45.4 Å². The summed E-state index contributed by atoms with van der Waals surface area (Å²) in [5.74, 6) is -1.07. The number of aliphatic hydroxyl groups is 1. The number of fused-ring (bicyclic) bond motifs is 8. The minimum Gasteiger partial charge on any atom is -0.506 e. The maximum Gasteiger partial charge on any atom is 0.255 e. The zero-order valence-corrected chi connectivity index (χ0v) is 48.6. The van der Waals surface area contributed by atoms with Crippen LogP contribution in [-0.2, 0) is 33.3 Å². The number of anilines is 2. The van der Waals surface area contributed by atoms with Crippen molar-refractivity contribution in [1.82, 2.24) is 39.8 Å². The number of ether oxygens (including phenoxy) is 1. The van der Waals surface area contributed by atoms with Gasteiger partial charge in [-0.15, -0.1) is 0 Å². The third-order valence-corrected chi connectivity index (χ3v) is 17.3. The van der Waals surface area contributed by atoms with Gasteiger partial charge in [-0.2, -0.15) is 10.2 Å². The molecule has 4 N–H and O–H groups in total. The SMILES string of the molecule is CNC(=O)c1c(-c2ccc(F)cc2)oc2cc(N(C)S(C)(=O)=O)c(-c3ccc(O)c(-c4nn5ccccc5c4CO)n3)cc12.CNC(=O)c1c(-c2ccc(F)cc2)oc2cc(N(C)S(C)(=O)=O)c(-c3ccc4c(n3)-c3nn5ccccc5c3CO4)cc12. The number of aromatic hydroxyl groups is 1. The molecule has 0 saturated carbocycles. The summed E-state index contributed by atoms with van der Waals surface area (Å²) in [6, 6.07) is 34.9. The largest absolute Gasteiger partial charge is 0.506 e. The number of carbonyl (C=O) groups excluding carboxylic acids is 2. The second-order valence-electron chi connectivity index (χ2n) is 20.2. The summed E-state index contributed by atoms with van der Waals surface area (Å²) in [6.45, 7) is -0.0412. The van der Waals surface area contributed by atoms with Crippen LogP contribution in [0.3, 0.4) is 0 Å². The van der Waals surface area contributed by atoms with Crippen molar-refractivity contribution < 1.29 is 59.0 Å². The van der Waals surface area contributed by atoms with Crippen molar-refractivity contribution in [2.45, 2.75) is 13.2 Å². The molecule has 0 unspecified atom stereocenters. The fourth-order valence-corrected chi connectivity index (χ4v) is 11.5. The van der Waals surface area contributed by atoms with Crippen molar-refractivity contribution in [2.24, 2.45) is 0 Å². The lowest BCUT2D eigenvalue weighted by Crippen LogP contribution is -2.25. The van der Waals surface area contributed by atoms with E-state index in [2.05, 4.69) is 20.7 Å². The molecule has 1 aliphatic rings. The maximum absolute atomic E-state index is 13.7. The molecule has 12 aromatic rings. The van der Waals surface area contributed by atoms with Gasteiger partial charge in [0.1, 0.15) is 75.2 Å². The van der Waals surface area contributed by atoms with E-state index in [0.29, 0.717) is 73.5 Å². The molecule has 440 valence electrons. The first-order valence-corrected chi connectivity index (χ1v) is 30.3. The van der Waals surface area contributed by atoms with Crippen molar-refractivity contribution in [3.8, 4) is 79.4 Å². The Kier molecular flexibility index (Phi) is 14.3. The van der Waals surface area contributed by atoms with Gasteiger partial charge in [0.05, 0.1) is 64.0 Å². The third kappa shape index (κ3) is 10.1. The van der Waals surface area contributed by atoms with E-state index in [-0.39, 0.29) is 74.6 Å². The van der Waals surface area contributed by atoms with E-state index in [0.717, 1.165) is 32.2 Å². The zero-order chi connectivity index (χ0) is 61.4. The number of rotatable bonds is 12. The summed E-state index contributed by atoms with van der Waals surface area (Å²) in [5, 5.41) is 36.3. The molecule has 0 bridgehead atoms. The fourth-order valence-electron chi connectivity index (χ4n) is 10.5. The molecule has 4 aromatic carbocycles.